The van der Waals surface area contributed by atoms with Crippen LogP contribution in [0.5, 0.6) is 0 Å². The number of carboxylic acids is 1. The van der Waals surface area contributed by atoms with E-state index in [0.29, 0.717) is 5.92 Å². The molecule has 78 valence electrons. The van der Waals surface area contributed by atoms with Crippen LogP contribution in [0.2, 0.25) is 4.34 Å². The quantitative estimate of drug-likeness (QED) is 0.861. The fraction of sp³-hybridized carbons (Fsp3) is 0.500. The molecule has 1 aromatic heterocycles. The van der Waals surface area contributed by atoms with E-state index in [2.05, 4.69) is 0 Å². The Morgan fingerprint density at radius 2 is 2.21 bits per heavy atom. The van der Waals surface area contributed by atoms with Gasteiger partial charge < -0.3 is 5.11 Å². The van der Waals surface area contributed by atoms with Gasteiger partial charge in [0.15, 0.2) is 0 Å². The van der Waals surface area contributed by atoms with Gasteiger partial charge in [0.05, 0.1) is 10.8 Å². The standard InChI is InChI=1S/C10H13ClO2S/c1-6(2)7(5-10(12)13)8-3-4-9(11)14-8/h3-4,6-7H,5H2,1-2H3,(H,12,13). The van der Waals surface area contributed by atoms with Gasteiger partial charge in [-0.15, -0.1) is 11.3 Å². The first-order chi connectivity index (χ1) is 6.50. The fourth-order valence-corrected chi connectivity index (χ4v) is 2.71. The Balaban J connectivity index is 2.82. The lowest BCUT2D eigenvalue weighted by molar-refractivity contribution is -0.137. The molecule has 1 rings (SSSR count). The predicted octanol–water partition coefficient (Wildman–Crippen LogP) is 3.62. The molecule has 0 aromatic carbocycles. The van der Waals surface area contributed by atoms with Crippen LogP contribution >= 0.6 is 22.9 Å². The lowest BCUT2D eigenvalue weighted by Gasteiger charge is -2.16. The molecule has 1 heterocycles. The molecule has 4 heteroatoms. The molecule has 0 spiro atoms. The van der Waals surface area contributed by atoms with Gasteiger partial charge >= 0.3 is 5.97 Å². The number of carboxylic acid groups (broad SMARTS) is 1. The molecule has 2 nitrogen and oxygen atoms in total. The van der Waals surface area contributed by atoms with Crippen molar-refractivity contribution in [3.63, 3.8) is 0 Å². The van der Waals surface area contributed by atoms with Gasteiger partial charge in [0.2, 0.25) is 0 Å². The molecule has 1 N–H and O–H groups in total. The lowest BCUT2D eigenvalue weighted by Crippen LogP contribution is -2.10. The van der Waals surface area contributed by atoms with Crippen molar-refractivity contribution in [2.75, 3.05) is 0 Å². The molecular formula is C10H13ClO2S. The molecule has 0 fully saturated rings. The first-order valence-electron chi connectivity index (χ1n) is 4.47. The Kier molecular flexibility index (Phi) is 3.96. The molecule has 1 aromatic rings. The fourth-order valence-electron chi connectivity index (χ4n) is 1.38. The van der Waals surface area contributed by atoms with E-state index >= 15 is 0 Å². The second-order valence-corrected chi connectivity index (χ2v) is 5.34. The Hall–Kier alpha value is -0.540. The van der Waals surface area contributed by atoms with E-state index in [-0.39, 0.29) is 12.3 Å². The predicted molar refractivity (Wildman–Crippen MR) is 59.2 cm³/mol. The van der Waals surface area contributed by atoms with Gasteiger partial charge in [-0.25, -0.2) is 0 Å². The highest BCUT2D eigenvalue weighted by atomic mass is 35.5. The van der Waals surface area contributed by atoms with E-state index in [9.17, 15) is 4.79 Å². The Morgan fingerprint density at radius 3 is 2.57 bits per heavy atom. The molecule has 0 saturated heterocycles. The highest BCUT2D eigenvalue weighted by Gasteiger charge is 2.20. The third-order valence-corrected chi connectivity index (χ3v) is 3.52. The summed E-state index contributed by atoms with van der Waals surface area (Å²) in [5.41, 5.74) is 0. The minimum Gasteiger partial charge on any atom is -0.481 e. The molecule has 14 heavy (non-hydrogen) atoms. The first-order valence-corrected chi connectivity index (χ1v) is 5.67. The van der Waals surface area contributed by atoms with Gasteiger partial charge in [-0.3, -0.25) is 4.79 Å². The van der Waals surface area contributed by atoms with Crippen molar-refractivity contribution in [3.8, 4) is 0 Å². The summed E-state index contributed by atoms with van der Waals surface area (Å²) < 4.78 is 0.719. The third-order valence-electron chi connectivity index (χ3n) is 2.16. The van der Waals surface area contributed by atoms with Crippen LogP contribution in [0.3, 0.4) is 0 Å². The van der Waals surface area contributed by atoms with E-state index in [1.165, 1.54) is 11.3 Å². The maximum Gasteiger partial charge on any atom is 0.304 e. The van der Waals surface area contributed by atoms with Gasteiger partial charge in [0.25, 0.3) is 0 Å². The van der Waals surface area contributed by atoms with E-state index < -0.39 is 5.97 Å². The zero-order chi connectivity index (χ0) is 10.7. The van der Waals surface area contributed by atoms with Crippen LogP contribution in [0.1, 0.15) is 31.1 Å². The van der Waals surface area contributed by atoms with Crippen molar-refractivity contribution in [2.24, 2.45) is 5.92 Å². The summed E-state index contributed by atoms with van der Waals surface area (Å²) in [6, 6.07) is 3.74. The van der Waals surface area contributed by atoms with Crippen LogP contribution in [-0.4, -0.2) is 11.1 Å². The van der Waals surface area contributed by atoms with E-state index in [1.54, 1.807) is 0 Å². The largest absolute Gasteiger partial charge is 0.481 e. The Bertz CT molecular complexity index is 320. The van der Waals surface area contributed by atoms with Crippen LogP contribution < -0.4 is 0 Å². The smallest absolute Gasteiger partial charge is 0.304 e. The van der Waals surface area contributed by atoms with Gasteiger partial charge in [0.1, 0.15) is 0 Å². The molecule has 1 unspecified atom stereocenters. The van der Waals surface area contributed by atoms with Gasteiger partial charge in [-0.05, 0) is 18.1 Å². The monoisotopic (exact) mass is 232 g/mol. The van der Waals surface area contributed by atoms with Gasteiger partial charge in [-0.2, -0.15) is 0 Å². The molecule has 0 amide bonds. The summed E-state index contributed by atoms with van der Waals surface area (Å²) in [6.45, 7) is 4.06. The summed E-state index contributed by atoms with van der Waals surface area (Å²) >= 11 is 7.29. The zero-order valence-corrected chi connectivity index (χ0v) is 9.73. The molecule has 1 atom stereocenters. The summed E-state index contributed by atoms with van der Waals surface area (Å²) in [4.78, 5) is 11.7. The average Bonchev–Trinajstić information content (AvgIpc) is 2.46. The van der Waals surface area contributed by atoms with Gasteiger partial charge in [0, 0.05) is 10.8 Å². The molecule has 0 bridgehead atoms. The third kappa shape index (κ3) is 3.00. The van der Waals surface area contributed by atoms with Crippen molar-refractivity contribution < 1.29 is 9.90 Å². The Labute approximate surface area is 92.5 Å². The highest BCUT2D eigenvalue weighted by Crippen LogP contribution is 2.34. The summed E-state index contributed by atoms with van der Waals surface area (Å²) in [5, 5.41) is 8.77. The van der Waals surface area contributed by atoms with Crippen LogP contribution in [-0.2, 0) is 4.79 Å². The number of thiophene rings is 1. The van der Waals surface area contributed by atoms with Crippen molar-refractivity contribution in [1.29, 1.82) is 0 Å². The molecule has 0 saturated carbocycles. The molecule has 0 radical (unpaired) electrons. The number of rotatable bonds is 4. The summed E-state index contributed by atoms with van der Waals surface area (Å²) in [7, 11) is 0. The maximum absolute atomic E-state index is 10.7. The van der Waals surface area contributed by atoms with Crippen LogP contribution in [0.25, 0.3) is 0 Å². The zero-order valence-electron chi connectivity index (χ0n) is 8.16. The molecule has 0 aliphatic carbocycles. The van der Waals surface area contributed by atoms with Crippen LogP contribution in [0, 0.1) is 5.92 Å². The number of carbonyl (C=O) groups is 1. The lowest BCUT2D eigenvalue weighted by atomic mass is 9.91. The summed E-state index contributed by atoms with van der Waals surface area (Å²) in [5.74, 6) is -0.362. The Morgan fingerprint density at radius 1 is 1.57 bits per heavy atom. The van der Waals surface area contributed by atoms with Crippen LogP contribution in [0.15, 0.2) is 12.1 Å². The normalized spacial score (nSPS) is 13.1. The van der Waals surface area contributed by atoms with Crippen molar-refractivity contribution >= 4 is 28.9 Å². The second kappa shape index (κ2) is 4.80. The van der Waals surface area contributed by atoms with Crippen LogP contribution in [0.4, 0.5) is 0 Å². The minimum absolute atomic E-state index is 0.0741. The number of halogens is 1. The molecule has 0 aliphatic heterocycles. The number of hydrogen-bond acceptors (Lipinski definition) is 2. The van der Waals surface area contributed by atoms with E-state index in [4.69, 9.17) is 16.7 Å². The topological polar surface area (TPSA) is 37.3 Å². The second-order valence-electron chi connectivity index (χ2n) is 3.59. The maximum atomic E-state index is 10.7. The minimum atomic E-state index is -0.756. The summed E-state index contributed by atoms with van der Waals surface area (Å²) in [6.07, 6.45) is 0.175. The van der Waals surface area contributed by atoms with E-state index in [0.717, 1.165) is 9.21 Å². The highest BCUT2D eigenvalue weighted by molar-refractivity contribution is 7.16. The average molecular weight is 233 g/mol. The number of hydrogen-bond donors (Lipinski definition) is 1. The van der Waals surface area contributed by atoms with Crippen molar-refractivity contribution in [2.45, 2.75) is 26.2 Å². The van der Waals surface area contributed by atoms with Gasteiger partial charge in [-0.1, -0.05) is 25.4 Å². The molecule has 0 aliphatic rings. The van der Waals surface area contributed by atoms with E-state index in [1.807, 2.05) is 26.0 Å². The number of aliphatic carboxylic acids is 1. The van der Waals surface area contributed by atoms with Crippen molar-refractivity contribution in [3.05, 3.63) is 21.3 Å². The SMILES string of the molecule is CC(C)C(CC(=O)O)c1ccc(Cl)s1. The molecular weight excluding hydrogens is 220 g/mol. The first kappa shape index (κ1) is 11.5. The van der Waals surface area contributed by atoms with Crippen molar-refractivity contribution in [1.82, 2.24) is 0 Å².